The SMILES string of the molecule is [B]C1CCCCC1=C=C. The first-order valence-corrected chi connectivity index (χ1v) is 3.49. The minimum atomic E-state index is 0.260. The first-order valence-electron chi connectivity index (χ1n) is 3.49. The van der Waals surface area contributed by atoms with E-state index in [4.69, 9.17) is 7.85 Å². The fourth-order valence-corrected chi connectivity index (χ4v) is 1.26. The Morgan fingerprint density at radius 2 is 2.33 bits per heavy atom. The lowest BCUT2D eigenvalue weighted by atomic mass is 9.72. The van der Waals surface area contributed by atoms with Crippen LogP contribution in [0.2, 0.25) is 5.82 Å². The van der Waals surface area contributed by atoms with Crippen LogP contribution in [0.25, 0.3) is 0 Å². The van der Waals surface area contributed by atoms with Crippen molar-refractivity contribution in [3.05, 3.63) is 17.9 Å². The van der Waals surface area contributed by atoms with E-state index in [0.717, 1.165) is 12.8 Å². The Morgan fingerprint density at radius 1 is 1.56 bits per heavy atom. The van der Waals surface area contributed by atoms with Gasteiger partial charge in [0.1, 0.15) is 0 Å². The van der Waals surface area contributed by atoms with Crippen molar-refractivity contribution >= 4 is 7.85 Å². The molecular weight excluding hydrogens is 107 g/mol. The van der Waals surface area contributed by atoms with Crippen LogP contribution in [0.3, 0.4) is 0 Å². The maximum atomic E-state index is 5.75. The summed E-state index contributed by atoms with van der Waals surface area (Å²) in [6, 6.07) is 0. The highest BCUT2D eigenvalue weighted by Gasteiger charge is 2.11. The molecule has 0 aromatic carbocycles. The normalized spacial score (nSPS) is 27.6. The fourth-order valence-electron chi connectivity index (χ4n) is 1.26. The Balaban J connectivity index is 2.59. The summed E-state index contributed by atoms with van der Waals surface area (Å²) in [4.78, 5) is 0. The highest BCUT2D eigenvalue weighted by molar-refractivity contribution is 6.13. The van der Waals surface area contributed by atoms with Crippen LogP contribution in [0, 0.1) is 0 Å². The average Bonchev–Trinajstić information content (AvgIpc) is 1.89. The van der Waals surface area contributed by atoms with E-state index in [-0.39, 0.29) is 5.82 Å². The molecule has 0 amide bonds. The molecule has 1 aliphatic rings. The highest BCUT2D eigenvalue weighted by Crippen LogP contribution is 2.30. The predicted octanol–water partition coefficient (Wildman–Crippen LogP) is 2.23. The van der Waals surface area contributed by atoms with Crippen molar-refractivity contribution in [2.45, 2.75) is 31.5 Å². The quantitative estimate of drug-likeness (QED) is 0.338. The molecule has 1 unspecified atom stereocenters. The van der Waals surface area contributed by atoms with E-state index in [1.165, 1.54) is 18.4 Å². The fraction of sp³-hybridized carbons (Fsp3) is 0.625. The van der Waals surface area contributed by atoms with Gasteiger partial charge in [-0.2, -0.15) is 0 Å². The molecule has 1 rings (SSSR count). The maximum Gasteiger partial charge on any atom is 0.0767 e. The molecule has 1 fully saturated rings. The molecule has 0 bridgehead atoms. The van der Waals surface area contributed by atoms with Gasteiger partial charge < -0.3 is 0 Å². The van der Waals surface area contributed by atoms with Gasteiger partial charge in [0.05, 0.1) is 7.85 Å². The molecule has 1 aliphatic carbocycles. The van der Waals surface area contributed by atoms with Gasteiger partial charge in [-0.3, -0.25) is 0 Å². The van der Waals surface area contributed by atoms with Gasteiger partial charge in [0.15, 0.2) is 0 Å². The minimum absolute atomic E-state index is 0.260. The molecule has 46 valence electrons. The highest BCUT2D eigenvalue weighted by atomic mass is 14.1. The molecule has 0 nitrogen and oxygen atoms in total. The van der Waals surface area contributed by atoms with Crippen LogP contribution < -0.4 is 0 Å². The molecule has 1 heteroatoms. The predicted molar refractivity (Wildman–Crippen MR) is 40.6 cm³/mol. The number of rotatable bonds is 0. The van der Waals surface area contributed by atoms with E-state index in [0.29, 0.717) is 0 Å². The first kappa shape index (κ1) is 6.70. The molecular formula is C8H11B. The first-order chi connectivity index (χ1) is 4.34. The second-order valence-electron chi connectivity index (χ2n) is 2.55. The zero-order valence-corrected chi connectivity index (χ0v) is 5.69. The zero-order valence-electron chi connectivity index (χ0n) is 5.69. The molecule has 0 spiro atoms. The Labute approximate surface area is 58.1 Å². The van der Waals surface area contributed by atoms with Crippen LogP contribution in [-0.4, -0.2) is 7.85 Å². The van der Waals surface area contributed by atoms with Crippen molar-refractivity contribution in [1.82, 2.24) is 0 Å². The van der Waals surface area contributed by atoms with Gasteiger partial charge >= 0.3 is 0 Å². The summed E-state index contributed by atoms with van der Waals surface area (Å²) in [5.41, 5.74) is 4.12. The van der Waals surface area contributed by atoms with Crippen molar-refractivity contribution in [2.75, 3.05) is 0 Å². The minimum Gasteiger partial charge on any atom is -0.130 e. The van der Waals surface area contributed by atoms with Crippen LogP contribution in [-0.2, 0) is 0 Å². The molecule has 0 aromatic rings. The molecule has 0 heterocycles. The lowest BCUT2D eigenvalue weighted by molar-refractivity contribution is 0.600. The van der Waals surface area contributed by atoms with Gasteiger partial charge in [0.25, 0.3) is 0 Å². The van der Waals surface area contributed by atoms with Gasteiger partial charge in [-0.15, -0.1) is 5.73 Å². The van der Waals surface area contributed by atoms with Gasteiger partial charge in [0.2, 0.25) is 0 Å². The molecule has 0 saturated heterocycles. The maximum absolute atomic E-state index is 5.75. The Hall–Kier alpha value is -0.415. The monoisotopic (exact) mass is 118 g/mol. The number of hydrogen-bond acceptors (Lipinski definition) is 0. The third kappa shape index (κ3) is 1.49. The number of allylic oxidation sites excluding steroid dienone is 1. The molecule has 0 N–H and O–H groups in total. The Morgan fingerprint density at radius 3 is 2.78 bits per heavy atom. The second-order valence-corrected chi connectivity index (χ2v) is 2.55. The second kappa shape index (κ2) is 2.94. The third-order valence-electron chi connectivity index (χ3n) is 1.89. The van der Waals surface area contributed by atoms with Gasteiger partial charge in [0, 0.05) is 0 Å². The van der Waals surface area contributed by atoms with Crippen LogP contribution in [0.1, 0.15) is 25.7 Å². The summed E-state index contributed by atoms with van der Waals surface area (Å²) in [5.74, 6) is 0.260. The van der Waals surface area contributed by atoms with Gasteiger partial charge in [-0.05, 0) is 24.2 Å². The largest absolute Gasteiger partial charge is 0.130 e. The van der Waals surface area contributed by atoms with Gasteiger partial charge in [-0.1, -0.05) is 19.4 Å². The van der Waals surface area contributed by atoms with E-state index in [1.54, 1.807) is 0 Å². The van der Waals surface area contributed by atoms with Crippen molar-refractivity contribution < 1.29 is 0 Å². The standard InChI is InChI=1S/C8H11B/c1-2-7-5-3-4-6-8(7)9/h8H,1,3-6H2. The summed E-state index contributed by atoms with van der Waals surface area (Å²) in [5, 5.41) is 0. The van der Waals surface area contributed by atoms with Crippen LogP contribution in [0.15, 0.2) is 17.9 Å². The van der Waals surface area contributed by atoms with Gasteiger partial charge in [-0.25, -0.2) is 0 Å². The summed E-state index contributed by atoms with van der Waals surface area (Å²) < 4.78 is 0. The van der Waals surface area contributed by atoms with Crippen LogP contribution in [0.5, 0.6) is 0 Å². The third-order valence-corrected chi connectivity index (χ3v) is 1.89. The van der Waals surface area contributed by atoms with E-state index < -0.39 is 0 Å². The van der Waals surface area contributed by atoms with E-state index in [1.807, 2.05) is 0 Å². The Kier molecular flexibility index (Phi) is 2.19. The molecule has 2 radical (unpaired) electrons. The summed E-state index contributed by atoms with van der Waals surface area (Å²) >= 11 is 0. The molecule has 0 aromatic heterocycles. The van der Waals surface area contributed by atoms with Crippen molar-refractivity contribution in [3.8, 4) is 0 Å². The molecule has 1 atom stereocenters. The lowest BCUT2D eigenvalue weighted by Gasteiger charge is -2.19. The molecule has 0 aliphatic heterocycles. The Bertz CT molecular complexity index is 143. The van der Waals surface area contributed by atoms with Crippen LogP contribution in [0.4, 0.5) is 0 Å². The zero-order chi connectivity index (χ0) is 6.69. The van der Waals surface area contributed by atoms with Crippen molar-refractivity contribution in [1.29, 1.82) is 0 Å². The van der Waals surface area contributed by atoms with E-state index >= 15 is 0 Å². The topological polar surface area (TPSA) is 0 Å². The number of hydrogen-bond donors (Lipinski definition) is 0. The molecule has 1 saturated carbocycles. The van der Waals surface area contributed by atoms with E-state index in [9.17, 15) is 0 Å². The summed E-state index contributed by atoms with van der Waals surface area (Å²) in [6.45, 7) is 3.59. The smallest absolute Gasteiger partial charge is 0.0767 e. The van der Waals surface area contributed by atoms with Crippen molar-refractivity contribution in [3.63, 3.8) is 0 Å². The molecule has 9 heavy (non-hydrogen) atoms. The average molecular weight is 118 g/mol. The van der Waals surface area contributed by atoms with E-state index in [2.05, 4.69) is 12.3 Å². The van der Waals surface area contributed by atoms with Crippen LogP contribution >= 0.6 is 0 Å². The lowest BCUT2D eigenvalue weighted by Crippen LogP contribution is -2.02. The summed E-state index contributed by atoms with van der Waals surface area (Å²) in [6.07, 6.45) is 4.78. The summed E-state index contributed by atoms with van der Waals surface area (Å²) in [7, 11) is 5.75. The van der Waals surface area contributed by atoms with Crippen molar-refractivity contribution in [2.24, 2.45) is 0 Å².